The van der Waals surface area contributed by atoms with Crippen molar-refractivity contribution >= 4 is 50.8 Å². The summed E-state index contributed by atoms with van der Waals surface area (Å²) in [4.78, 5) is 29.2. The highest BCUT2D eigenvalue weighted by atomic mass is 35.5. The lowest BCUT2D eigenvalue weighted by atomic mass is 10.2. The predicted octanol–water partition coefficient (Wildman–Crippen LogP) is 3.29. The number of thioether (sulfide) groups is 1. The van der Waals surface area contributed by atoms with Crippen LogP contribution in [-0.2, 0) is 17.9 Å². The molecular formula is C16H13ClFN3O2S2. The van der Waals surface area contributed by atoms with E-state index in [0.29, 0.717) is 20.9 Å². The van der Waals surface area contributed by atoms with Crippen LogP contribution in [0.25, 0.3) is 10.2 Å². The maximum atomic E-state index is 13.0. The molecule has 0 saturated carbocycles. The number of hydrogen-bond donors (Lipinski definition) is 1. The fraction of sp³-hybridized carbons (Fsp3) is 0.188. The number of thiophene rings is 1. The summed E-state index contributed by atoms with van der Waals surface area (Å²) in [6.07, 6.45) is 1.80. The van der Waals surface area contributed by atoms with Crippen molar-refractivity contribution in [1.29, 1.82) is 0 Å². The Morgan fingerprint density at radius 2 is 2.24 bits per heavy atom. The summed E-state index contributed by atoms with van der Waals surface area (Å²) in [5, 5.41) is 5.20. The summed E-state index contributed by atoms with van der Waals surface area (Å²) in [5.41, 5.74) is 0.995. The van der Waals surface area contributed by atoms with E-state index in [0.717, 1.165) is 0 Å². The number of benzene rings is 1. The van der Waals surface area contributed by atoms with Gasteiger partial charge in [-0.15, -0.1) is 11.3 Å². The van der Waals surface area contributed by atoms with Crippen LogP contribution in [0.3, 0.4) is 0 Å². The number of nitrogens with one attached hydrogen (secondary N) is 1. The standard InChI is InChI=1S/C16H13ClFN3O2S2/c1-24-16-20-12-4-5-25-14(12)15(23)21(16)8-13(22)19-7-9-2-3-10(18)6-11(9)17/h2-6H,7-8H2,1H3,(H,19,22). The van der Waals surface area contributed by atoms with E-state index in [1.807, 2.05) is 0 Å². The second-order valence-corrected chi connectivity index (χ2v) is 7.23. The Morgan fingerprint density at radius 3 is 2.96 bits per heavy atom. The van der Waals surface area contributed by atoms with Crippen molar-refractivity contribution in [3.8, 4) is 0 Å². The number of hydrogen-bond acceptors (Lipinski definition) is 5. The number of rotatable bonds is 5. The van der Waals surface area contributed by atoms with Crippen molar-refractivity contribution in [1.82, 2.24) is 14.9 Å². The second-order valence-electron chi connectivity index (χ2n) is 5.14. The van der Waals surface area contributed by atoms with Gasteiger partial charge in [0.2, 0.25) is 5.91 Å². The smallest absolute Gasteiger partial charge is 0.272 e. The Hall–Kier alpha value is -1.90. The van der Waals surface area contributed by atoms with Crippen LogP contribution in [0.15, 0.2) is 39.6 Å². The van der Waals surface area contributed by atoms with Gasteiger partial charge in [0, 0.05) is 11.6 Å². The molecule has 3 rings (SSSR count). The molecule has 0 aliphatic heterocycles. The topological polar surface area (TPSA) is 64.0 Å². The molecule has 0 fully saturated rings. The van der Waals surface area contributed by atoms with E-state index in [4.69, 9.17) is 11.6 Å². The van der Waals surface area contributed by atoms with Gasteiger partial charge < -0.3 is 5.32 Å². The zero-order valence-corrected chi connectivity index (χ0v) is 15.5. The zero-order chi connectivity index (χ0) is 18.0. The van der Waals surface area contributed by atoms with Crippen LogP contribution >= 0.6 is 34.7 Å². The van der Waals surface area contributed by atoms with E-state index in [2.05, 4.69) is 10.3 Å². The zero-order valence-electron chi connectivity index (χ0n) is 13.1. The van der Waals surface area contributed by atoms with Crippen molar-refractivity contribution < 1.29 is 9.18 Å². The summed E-state index contributed by atoms with van der Waals surface area (Å²) in [7, 11) is 0. The van der Waals surface area contributed by atoms with Gasteiger partial charge in [0.1, 0.15) is 17.1 Å². The first-order valence-electron chi connectivity index (χ1n) is 7.22. The van der Waals surface area contributed by atoms with E-state index < -0.39 is 5.82 Å². The van der Waals surface area contributed by atoms with Crippen molar-refractivity contribution in [2.24, 2.45) is 0 Å². The summed E-state index contributed by atoms with van der Waals surface area (Å²) in [6, 6.07) is 5.76. The first kappa shape index (κ1) is 17.9. The number of carbonyl (C=O) groups excluding carboxylic acids is 1. The summed E-state index contributed by atoms with van der Waals surface area (Å²) >= 11 is 8.54. The molecule has 1 aromatic carbocycles. The van der Waals surface area contributed by atoms with E-state index >= 15 is 0 Å². The summed E-state index contributed by atoms with van der Waals surface area (Å²) < 4.78 is 14.9. The number of aromatic nitrogens is 2. The first-order valence-corrected chi connectivity index (χ1v) is 9.70. The number of fused-ring (bicyclic) bond motifs is 1. The number of nitrogens with zero attached hydrogens (tertiary/aromatic N) is 2. The minimum atomic E-state index is -0.438. The monoisotopic (exact) mass is 397 g/mol. The van der Waals surface area contributed by atoms with Crippen LogP contribution in [-0.4, -0.2) is 21.7 Å². The lowest BCUT2D eigenvalue weighted by Gasteiger charge is -2.11. The van der Waals surface area contributed by atoms with Gasteiger partial charge >= 0.3 is 0 Å². The van der Waals surface area contributed by atoms with Crippen molar-refractivity contribution in [3.05, 3.63) is 56.4 Å². The fourth-order valence-corrected chi connectivity index (χ4v) is 3.85. The maximum Gasteiger partial charge on any atom is 0.272 e. The Labute approximate surface area is 155 Å². The van der Waals surface area contributed by atoms with E-state index in [1.165, 1.54) is 45.9 Å². The molecular weight excluding hydrogens is 385 g/mol. The van der Waals surface area contributed by atoms with Crippen LogP contribution in [0.2, 0.25) is 5.02 Å². The average molecular weight is 398 g/mol. The predicted molar refractivity (Wildman–Crippen MR) is 98.9 cm³/mol. The van der Waals surface area contributed by atoms with E-state index in [1.54, 1.807) is 17.7 Å². The molecule has 0 atom stereocenters. The molecule has 1 N–H and O–H groups in total. The second kappa shape index (κ2) is 7.55. The van der Waals surface area contributed by atoms with Gasteiger partial charge in [-0.25, -0.2) is 9.37 Å². The molecule has 9 heteroatoms. The molecule has 5 nitrogen and oxygen atoms in total. The highest BCUT2D eigenvalue weighted by Crippen LogP contribution is 2.19. The molecule has 2 heterocycles. The molecule has 25 heavy (non-hydrogen) atoms. The van der Waals surface area contributed by atoms with Crippen molar-refractivity contribution in [3.63, 3.8) is 0 Å². The normalized spacial score (nSPS) is 11.0. The highest BCUT2D eigenvalue weighted by Gasteiger charge is 2.14. The van der Waals surface area contributed by atoms with Gasteiger partial charge in [0.15, 0.2) is 5.16 Å². The van der Waals surface area contributed by atoms with Gasteiger partial charge in [0.05, 0.1) is 5.52 Å². The van der Waals surface area contributed by atoms with Crippen LogP contribution in [0.4, 0.5) is 4.39 Å². The Morgan fingerprint density at radius 1 is 1.44 bits per heavy atom. The Balaban J connectivity index is 1.77. The molecule has 0 radical (unpaired) electrons. The van der Waals surface area contributed by atoms with Crippen molar-refractivity contribution in [2.45, 2.75) is 18.2 Å². The largest absolute Gasteiger partial charge is 0.350 e. The third-order valence-corrected chi connectivity index (χ3v) is 5.43. The molecule has 1 amide bonds. The maximum absolute atomic E-state index is 13.0. The van der Waals surface area contributed by atoms with Crippen molar-refractivity contribution in [2.75, 3.05) is 6.26 Å². The summed E-state index contributed by atoms with van der Waals surface area (Å²) in [5.74, 6) is -0.790. The lowest BCUT2D eigenvalue weighted by Crippen LogP contribution is -2.33. The Bertz CT molecular complexity index is 1000. The Kier molecular flexibility index (Phi) is 5.41. The number of halogens is 2. The molecule has 3 aromatic rings. The first-order chi connectivity index (χ1) is 12.0. The van der Waals surface area contributed by atoms with Crippen LogP contribution < -0.4 is 10.9 Å². The minimum Gasteiger partial charge on any atom is -0.350 e. The minimum absolute atomic E-state index is 0.144. The molecule has 2 aromatic heterocycles. The van der Waals surface area contributed by atoms with Gasteiger partial charge in [-0.05, 0) is 35.4 Å². The van der Waals surface area contributed by atoms with Gasteiger partial charge in [-0.3, -0.25) is 14.2 Å². The number of amides is 1. The average Bonchev–Trinajstić information content (AvgIpc) is 3.05. The van der Waals surface area contributed by atoms with Gasteiger partial charge in [-0.1, -0.05) is 29.4 Å². The van der Waals surface area contributed by atoms with Crippen LogP contribution in [0.1, 0.15) is 5.56 Å². The summed E-state index contributed by atoms with van der Waals surface area (Å²) in [6.45, 7) is 0.00460. The molecule has 0 spiro atoms. The lowest BCUT2D eigenvalue weighted by molar-refractivity contribution is -0.122. The van der Waals surface area contributed by atoms with E-state index in [9.17, 15) is 14.0 Å². The third-order valence-electron chi connectivity index (χ3n) is 3.51. The molecule has 0 unspecified atom stereocenters. The quantitative estimate of drug-likeness (QED) is 0.530. The fourth-order valence-electron chi connectivity index (χ4n) is 2.28. The molecule has 0 saturated heterocycles. The van der Waals surface area contributed by atoms with Gasteiger partial charge in [-0.2, -0.15) is 0 Å². The van der Waals surface area contributed by atoms with Crippen LogP contribution in [0.5, 0.6) is 0 Å². The van der Waals surface area contributed by atoms with Crippen LogP contribution in [0, 0.1) is 5.82 Å². The number of carbonyl (C=O) groups is 1. The molecule has 0 bridgehead atoms. The van der Waals surface area contributed by atoms with Gasteiger partial charge in [0.25, 0.3) is 5.56 Å². The SMILES string of the molecule is CSc1nc2ccsc2c(=O)n1CC(=O)NCc1ccc(F)cc1Cl. The van der Waals surface area contributed by atoms with E-state index in [-0.39, 0.29) is 29.6 Å². The highest BCUT2D eigenvalue weighted by molar-refractivity contribution is 7.98. The molecule has 130 valence electrons. The molecule has 0 aliphatic rings. The third kappa shape index (κ3) is 3.86. The molecule has 0 aliphatic carbocycles.